The third-order valence-electron chi connectivity index (χ3n) is 5.64. The minimum Gasteiger partial charge on any atom is -0.397 e. The largest absolute Gasteiger partial charge is 0.397 e. The van der Waals surface area contributed by atoms with Crippen molar-refractivity contribution in [2.45, 2.75) is 51.9 Å². The number of para-hydroxylation sites is 2. The Bertz CT molecular complexity index is 860. The van der Waals surface area contributed by atoms with E-state index in [0.717, 1.165) is 19.6 Å². The summed E-state index contributed by atoms with van der Waals surface area (Å²) in [5.41, 5.74) is 8.19. The maximum atomic E-state index is 12.5. The summed E-state index contributed by atoms with van der Waals surface area (Å²) in [4.78, 5) is 17.3. The van der Waals surface area contributed by atoms with Crippen LogP contribution in [-0.4, -0.2) is 58.1 Å². The van der Waals surface area contributed by atoms with E-state index in [-0.39, 0.29) is 5.91 Å². The van der Waals surface area contributed by atoms with Gasteiger partial charge in [0.2, 0.25) is 0 Å². The van der Waals surface area contributed by atoms with E-state index in [1.807, 2.05) is 50.2 Å². The van der Waals surface area contributed by atoms with Crippen molar-refractivity contribution < 1.29 is 9.90 Å². The maximum Gasteiger partial charge on any atom is 0.255 e. The third-order valence-corrected chi connectivity index (χ3v) is 5.64. The van der Waals surface area contributed by atoms with Crippen LogP contribution in [0.25, 0.3) is 0 Å². The number of nitrogens with zero attached hydrogens (tertiary/aromatic N) is 2. The van der Waals surface area contributed by atoms with E-state index in [2.05, 4.69) is 29.0 Å². The van der Waals surface area contributed by atoms with Gasteiger partial charge < -0.3 is 16.2 Å². The normalized spacial score (nSPS) is 20.8. The average molecular weight is 411 g/mol. The predicted octanol–water partition coefficient (Wildman–Crippen LogP) is 3.19. The van der Waals surface area contributed by atoms with Crippen molar-refractivity contribution in [1.29, 1.82) is 0 Å². The van der Waals surface area contributed by atoms with E-state index < -0.39 is 5.60 Å². The minimum atomic E-state index is -0.684. The molecule has 1 fully saturated rings. The van der Waals surface area contributed by atoms with E-state index in [1.54, 1.807) is 12.1 Å². The zero-order valence-corrected chi connectivity index (χ0v) is 18.4. The molecule has 30 heavy (non-hydrogen) atoms. The zero-order valence-electron chi connectivity index (χ0n) is 18.4. The van der Waals surface area contributed by atoms with Crippen molar-refractivity contribution in [3.05, 3.63) is 59.7 Å². The highest BCUT2D eigenvalue weighted by atomic mass is 16.3. The quantitative estimate of drug-likeness (QED) is 0.637. The number of carbonyl (C=O) groups excluding carboxylic acids is 1. The lowest BCUT2D eigenvalue weighted by atomic mass is 10.0. The van der Waals surface area contributed by atoms with Crippen LogP contribution in [0.4, 0.5) is 11.4 Å². The number of rotatable bonds is 6. The summed E-state index contributed by atoms with van der Waals surface area (Å²) in [6, 6.07) is 15.8. The monoisotopic (exact) mass is 410 g/mol. The molecular formula is C24H34N4O2. The van der Waals surface area contributed by atoms with Crippen molar-refractivity contribution in [3.63, 3.8) is 0 Å². The van der Waals surface area contributed by atoms with Gasteiger partial charge in [0.1, 0.15) is 0 Å². The number of benzene rings is 2. The molecule has 0 bridgehead atoms. The van der Waals surface area contributed by atoms with Gasteiger partial charge in [-0.2, -0.15) is 0 Å². The van der Waals surface area contributed by atoms with Gasteiger partial charge in [0.15, 0.2) is 0 Å². The number of anilines is 2. The van der Waals surface area contributed by atoms with Crippen molar-refractivity contribution in [1.82, 2.24) is 9.80 Å². The molecule has 0 spiro atoms. The fraction of sp³-hybridized carbons (Fsp3) is 0.458. The van der Waals surface area contributed by atoms with Crippen molar-refractivity contribution in [2.24, 2.45) is 0 Å². The Morgan fingerprint density at radius 2 is 1.67 bits per heavy atom. The first-order chi connectivity index (χ1) is 14.1. The first-order valence-corrected chi connectivity index (χ1v) is 10.6. The number of nitrogens with two attached hydrogens (primary N) is 1. The highest BCUT2D eigenvalue weighted by Crippen LogP contribution is 2.21. The van der Waals surface area contributed by atoms with Crippen LogP contribution >= 0.6 is 0 Å². The summed E-state index contributed by atoms with van der Waals surface area (Å²) in [6.07, 6.45) is 0. The van der Waals surface area contributed by atoms with E-state index in [9.17, 15) is 9.90 Å². The van der Waals surface area contributed by atoms with Crippen LogP contribution < -0.4 is 11.1 Å². The number of carbonyl (C=O) groups is 1. The van der Waals surface area contributed by atoms with Gasteiger partial charge in [0.05, 0.1) is 17.0 Å². The molecule has 6 nitrogen and oxygen atoms in total. The van der Waals surface area contributed by atoms with Crippen LogP contribution in [0, 0.1) is 0 Å². The van der Waals surface area contributed by atoms with Gasteiger partial charge in [-0.1, -0.05) is 24.3 Å². The minimum absolute atomic E-state index is 0.165. The molecule has 1 heterocycles. The molecule has 2 aromatic rings. The highest BCUT2D eigenvalue weighted by molar-refractivity contribution is 6.05. The number of nitrogens with one attached hydrogen (secondary N) is 1. The molecule has 2 atom stereocenters. The Morgan fingerprint density at radius 1 is 1.07 bits per heavy atom. The summed E-state index contributed by atoms with van der Waals surface area (Å²) in [5, 5.41) is 13.0. The Labute approximate surface area is 179 Å². The predicted molar refractivity (Wildman–Crippen MR) is 122 cm³/mol. The number of nitrogen functional groups attached to an aromatic ring is 1. The van der Waals surface area contributed by atoms with Gasteiger partial charge in [-0.05, 0) is 57.5 Å². The molecule has 0 aliphatic carbocycles. The van der Waals surface area contributed by atoms with E-state index in [0.29, 0.717) is 35.6 Å². The summed E-state index contributed by atoms with van der Waals surface area (Å²) >= 11 is 0. The Hall–Kier alpha value is -2.41. The number of piperazine rings is 1. The van der Waals surface area contributed by atoms with Gasteiger partial charge >= 0.3 is 0 Å². The molecular weight excluding hydrogens is 376 g/mol. The van der Waals surface area contributed by atoms with Gasteiger partial charge in [-0.3, -0.25) is 14.6 Å². The van der Waals surface area contributed by atoms with Crippen LogP contribution in [0.5, 0.6) is 0 Å². The summed E-state index contributed by atoms with van der Waals surface area (Å²) in [5.74, 6) is -0.165. The maximum absolute atomic E-state index is 12.5. The SMILES string of the molecule is C[C@@H]1CN(Cc2ccc(C(=O)Nc3ccccc3N)cc2)[C@@H](C)CN1CC(C)(C)O. The molecule has 0 unspecified atom stereocenters. The molecule has 4 N–H and O–H groups in total. The number of hydrogen-bond acceptors (Lipinski definition) is 5. The van der Waals surface area contributed by atoms with Crippen molar-refractivity contribution in [3.8, 4) is 0 Å². The van der Waals surface area contributed by atoms with Crippen LogP contribution in [0.15, 0.2) is 48.5 Å². The lowest BCUT2D eigenvalue weighted by Gasteiger charge is -2.45. The second kappa shape index (κ2) is 9.16. The molecule has 0 saturated carbocycles. The molecule has 1 aliphatic rings. The lowest BCUT2D eigenvalue weighted by molar-refractivity contribution is -0.0223. The Kier molecular flexibility index (Phi) is 6.81. The molecule has 1 amide bonds. The number of amides is 1. The molecule has 1 aliphatic heterocycles. The van der Waals surface area contributed by atoms with E-state index in [1.165, 1.54) is 5.56 Å². The standard InChI is InChI=1S/C24H34N4O2/c1-17-14-28(16-24(3,4)30)18(2)13-27(17)15-19-9-11-20(12-10-19)23(29)26-22-8-6-5-7-21(22)25/h5-12,17-18,30H,13-16,25H2,1-4H3,(H,26,29)/t17-,18+/m0/s1. The number of hydrogen-bond donors (Lipinski definition) is 3. The van der Waals surface area contributed by atoms with Crippen LogP contribution in [0.3, 0.4) is 0 Å². The van der Waals surface area contributed by atoms with Crippen molar-refractivity contribution in [2.75, 3.05) is 30.7 Å². The van der Waals surface area contributed by atoms with Crippen LogP contribution in [0.2, 0.25) is 0 Å². The van der Waals surface area contributed by atoms with Crippen LogP contribution in [0.1, 0.15) is 43.6 Å². The molecule has 1 saturated heterocycles. The lowest BCUT2D eigenvalue weighted by Crippen LogP contribution is -2.58. The van der Waals surface area contributed by atoms with Gasteiger partial charge in [-0.15, -0.1) is 0 Å². The third kappa shape index (κ3) is 5.81. The highest BCUT2D eigenvalue weighted by Gasteiger charge is 2.31. The Balaban J connectivity index is 1.59. The van der Waals surface area contributed by atoms with E-state index >= 15 is 0 Å². The molecule has 6 heteroatoms. The van der Waals surface area contributed by atoms with Crippen molar-refractivity contribution >= 4 is 17.3 Å². The molecule has 162 valence electrons. The molecule has 0 aromatic heterocycles. The first kappa shape index (κ1) is 22.3. The van der Waals surface area contributed by atoms with E-state index in [4.69, 9.17) is 5.73 Å². The van der Waals surface area contributed by atoms with Gasteiger partial charge in [0, 0.05) is 43.8 Å². The first-order valence-electron chi connectivity index (χ1n) is 10.6. The molecule has 2 aromatic carbocycles. The number of β-amino-alcohol motifs (C(OH)–C–C–N with tert-alkyl or cyclic N) is 1. The number of aliphatic hydroxyl groups is 1. The summed E-state index contributed by atoms with van der Waals surface area (Å²) < 4.78 is 0. The average Bonchev–Trinajstić information content (AvgIpc) is 2.67. The molecule has 3 rings (SSSR count). The smallest absolute Gasteiger partial charge is 0.255 e. The fourth-order valence-electron chi connectivity index (χ4n) is 4.01. The fourth-order valence-corrected chi connectivity index (χ4v) is 4.01. The zero-order chi connectivity index (χ0) is 21.9. The topological polar surface area (TPSA) is 81.8 Å². The van der Waals surface area contributed by atoms with Crippen LogP contribution in [-0.2, 0) is 6.54 Å². The molecule has 0 radical (unpaired) electrons. The van der Waals surface area contributed by atoms with Gasteiger partial charge in [-0.25, -0.2) is 0 Å². The second-order valence-electron chi connectivity index (χ2n) is 9.11. The summed E-state index contributed by atoms with van der Waals surface area (Å²) in [7, 11) is 0. The van der Waals surface area contributed by atoms with Gasteiger partial charge in [0.25, 0.3) is 5.91 Å². The summed E-state index contributed by atoms with van der Waals surface area (Å²) in [6.45, 7) is 11.6. The Morgan fingerprint density at radius 3 is 2.30 bits per heavy atom. The second-order valence-corrected chi connectivity index (χ2v) is 9.11.